The number of alkyl halides is 3. The maximum Gasteiger partial charge on any atom is 0.416 e. The van der Waals surface area contributed by atoms with Crippen LogP contribution in [-0.4, -0.2) is 15.7 Å². The van der Waals surface area contributed by atoms with Crippen LogP contribution in [0.5, 0.6) is 0 Å². The number of pyridine rings is 1. The number of hydrogen-bond donors (Lipinski definition) is 0. The van der Waals surface area contributed by atoms with E-state index >= 15 is 0 Å². The lowest BCUT2D eigenvalue weighted by molar-refractivity contribution is -0.140. The van der Waals surface area contributed by atoms with Crippen LogP contribution in [0.4, 0.5) is 22.0 Å². The lowest BCUT2D eigenvalue weighted by Crippen LogP contribution is -2.32. The Kier molecular flexibility index (Phi) is 5.72. The molecule has 35 heavy (non-hydrogen) atoms. The fraction of sp³-hybridized carbons (Fsp3) is 0.120. The topological polar surface area (TPSA) is 50.9 Å². The molecule has 0 spiro atoms. The van der Waals surface area contributed by atoms with Gasteiger partial charge < -0.3 is 14.2 Å². The van der Waals surface area contributed by atoms with Gasteiger partial charge in [-0.2, -0.15) is 13.2 Å². The molecule has 5 rings (SSSR count). The highest BCUT2D eigenvalue weighted by Crippen LogP contribution is 2.41. The first kappa shape index (κ1) is 22.6. The molecule has 1 aliphatic rings. The summed E-state index contributed by atoms with van der Waals surface area (Å²) in [7, 11) is 0. The number of benzene rings is 2. The van der Waals surface area contributed by atoms with Gasteiger partial charge in [0.2, 0.25) is 12.1 Å². The van der Waals surface area contributed by atoms with Gasteiger partial charge in [0.1, 0.15) is 11.6 Å². The minimum Gasteiger partial charge on any atom is -0.461 e. The van der Waals surface area contributed by atoms with Crippen LogP contribution in [0, 0.1) is 11.6 Å². The zero-order valence-corrected chi connectivity index (χ0v) is 17.8. The van der Waals surface area contributed by atoms with Crippen molar-refractivity contribution in [3.05, 3.63) is 113 Å². The van der Waals surface area contributed by atoms with Crippen LogP contribution in [0.2, 0.25) is 0 Å². The van der Waals surface area contributed by atoms with Gasteiger partial charge in [0.15, 0.2) is 5.76 Å². The zero-order chi connectivity index (χ0) is 24.6. The van der Waals surface area contributed by atoms with Gasteiger partial charge in [-0.1, -0.05) is 23.4 Å². The minimum atomic E-state index is -4.84. The number of furan rings is 1. The fourth-order valence-corrected chi connectivity index (χ4v) is 3.96. The average molecular weight is 485 g/mol. The maximum atomic E-state index is 14.6. The number of halogens is 5. The molecule has 10 heteroatoms. The van der Waals surface area contributed by atoms with E-state index in [1.165, 1.54) is 29.6 Å². The molecule has 0 saturated heterocycles. The van der Waals surface area contributed by atoms with E-state index in [0.717, 1.165) is 12.1 Å². The summed E-state index contributed by atoms with van der Waals surface area (Å²) in [5, 5.41) is 3.97. The van der Waals surface area contributed by atoms with Crippen LogP contribution in [-0.2, 0) is 17.6 Å². The van der Waals surface area contributed by atoms with Crippen molar-refractivity contribution in [3.63, 3.8) is 0 Å². The van der Waals surface area contributed by atoms with Gasteiger partial charge in [-0.05, 0) is 53.6 Å². The van der Waals surface area contributed by atoms with E-state index in [9.17, 15) is 22.0 Å². The van der Waals surface area contributed by atoms with Crippen LogP contribution in [0.1, 0.15) is 28.7 Å². The summed E-state index contributed by atoms with van der Waals surface area (Å²) >= 11 is 0. The third-order valence-corrected chi connectivity index (χ3v) is 5.53. The number of nitrogens with zero attached hydrogens (tertiary/aromatic N) is 3. The van der Waals surface area contributed by atoms with Crippen molar-refractivity contribution in [2.45, 2.75) is 18.9 Å². The summed E-state index contributed by atoms with van der Waals surface area (Å²) in [6.07, 6.45) is -1.83. The Balaban J connectivity index is 1.61. The molecule has 0 radical (unpaired) electrons. The van der Waals surface area contributed by atoms with E-state index in [2.05, 4.69) is 10.1 Å². The molecule has 0 N–H and O–H groups in total. The lowest BCUT2D eigenvalue weighted by atomic mass is 9.99. The predicted octanol–water partition coefficient (Wildman–Crippen LogP) is 6.53. The van der Waals surface area contributed by atoms with Crippen molar-refractivity contribution in [1.29, 1.82) is 0 Å². The average Bonchev–Trinajstić information content (AvgIpc) is 3.50. The molecule has 0 saturated carbocycles. The highest BCUT2D eigenvalue weighted by atomic mass is 19.4. The summed E-state index contributed by atoms with van der Waals surface area (Å²) in [6.45, 7) is -0.0591. The first-order valence-corrected chi connectivity index (χ1v) is 10.4. The summed E-state index contributed by atoms with van der Waals surface area (Å²) in [5.74, 6) is -1.13. The van der Waals surface area contributed by atoms with E-state index in [-0.39, 0.29) is 23.7 Å². The molecule has 1 atom stereocenters. The van der Waals surface area contributed by atoms with E-state index in [4.69, 9.17) is 9.25 Å². The Morgan fingerprint density at radius 2 is 1.77 bits per heavy atom. The number of aromatic nitrogens is 1. The number of hydrogen-bond acceptors (Lipinski definition) is 5. The van der Waals surface area contributed by atoms with Crippen LogP contribution >= 0.6 is 0 Å². The first-order valence-electron chi connectivity index (χ1n) is 10.4. The van der Waals surface area contributed by atoms with E-state index in [0.29, 0.717) is 22.8 Å². The SMILES string of the molecule is Fc1ccc(C2ON=C(c3ccco3)N2Cc2cnccc2-c2ccccc2F)c(C(F)(F)F)c1. The highest BCUT2D eigenvalue weighted by molar-refractivity contribution is 5.97. The molecule has 0 aliphatic carbocycles. The Morgan fingerprint density at radius 3 is 2.51 bits per heavy atom. The van der Waals surface area contributed by atoms with Gasteiger partial charge in [-0.25, -0.2) is 8.78 Å². The molecule has 3 heterocycles. The molecular formula is C25H16F5N3O2. The standard InChI is InChI=1S/C25H16F5N3O2/c26-16-7-8-19(20(12-16)25(28,29)30)24-33(23(32-35-24)22-6-3-11-34-22)14-15-13-31-10-9-17(15)18-4-1-2-5-21(18)27/h1-13,24H,14H2. The Morgan fingerprint density at radius 1 is 0.943 bits per heavy atom. The second-order valence-corrected chi connectivity index (χ2v) is 7.72. The van der Waals surface area contributed by atoms with Gasteiger partial charge in [0.05, 0.1) is 18.4 Å². The monoisotopic (exact) mass is 485 g/mol. The molecule has 1 unspecified atom stereocenters. The Hall–Kier alpha value is -4.21. The fourth-order valence-electron chi connectivity index (χ4n) is 3.96. The molecular weight excluding hydrogens is 469 g/mol. The first-order chi connectivity index (χ1) is 16.8. The van der Waals surface area contributed by atoms with Gasteiger partial charge >= 0.3 is 6.18 Å². The predicted molar refractivity (Wildman–Crippen MR) is 116 cm³/mol. The second kappa shape index (κ2) is 8.86. The molecule has 4 aromatic rings. The summed E-state index contributed by atoms with van der Waals surface area (Å²) in [4.78, 5) is 11.0. The van der Waals surface area contributed by atoms with Crippen molar-refractivity contribution in [3.8, 4) is 11.1 Å². The molecule has 0 amide bonds. The summed E-state index contributed by atoms with van der Waals surface area (Å²) < 4.78 is 75.1. The molecule has 2 aromatic carbocycles. The molecule has 0 fully saturated rings. The quantitative estimate of drug-likeness (QED) is 0.302. The normalized spacial score (nSPS) is 15.7. The van der Waals surface area contributed by atoms with E-state index in [1.54, 1.807) is 36.4 Å². The van der Waals surface area contributed by atoms with Crippen molar-refractivity contribution in [2.24, 2.45) is 5.16 Å². The smallest absolute Gasteiger partial charge is 0.416 e. The zero-order valence-electron chi connectivity index (χ0n) is 17.8. The number of oxime groups is 1. The Labute approximate surface area is 196 Å². The second-order valence-electron chi connectivity index (χ2n) is 7.72. The van der Waals surface area contributed by atoms with Gasteiger partial charge in [-0.15, -0.1) is 0 Å². The number of rotatable bonds is 5. The van der Waals surface area contributed by atoms with Crippen LogP contribution < -0.4 is 0 Å². The van der Waals surface area contributed by atoms with E-state index in [1.807, 2.05) is 0 Å². The highest BCUT2D eigenvalue weighted by Gasteiger charge is 2.42. The van der Waals surface area contributed by atoms with Gasteiger partial charge in [0, 0.05) is 23.5 Å². The third-order valence-electron chi connectivity index (χ3n) is 5.53. The largest absolute Gasteiger partial charge is 0.461 e. The molecule has 5 nitrogen and oxygen atoms in total. The third kappa shape index (κ3) is 4.34. The van der Waals surface area contributed by atoms with Crippen LogP contribution in [0.15, 0.2) is 88.9 Å². The molecule has 1 aliphatic heterocycles. The van der Waals surface area contributed by atoms with Crippen molar-refractivity contribution in [1.82, 2.24) is 9.88 Å². The molecule has 178 valence electrons. The maximum absolute atomic E-state index is 14.6. The lowest BCUT2D eigenvalue weighted by Gasteiger charge is -2.27. The van der Waals surface area contributed by atoms with E-state index < -0.39 is 29.6 Å². The summed E-state index contributed by atoms with van der Waals surface area (Å²) in [6, 6.07) is 13.3. The van der Waals surface area contributed by atoms with Gasteiger partial charge in [-0.3, -0.25) is 4.98 Å². The van der Waals surface area contributed by atoms with Crippen molar-refractivity contribution < 1.29 is 31.2 Å². The van der Waals surface area contributed by atoms with Crippen LogP contribution in [0.25, 0.3) is 11.1 Å². The van der Waals surface area contributed by atoms with Crippen LogP contribution in [0.3, 0.4) is 0 Å². The number of amidine groups is 1. The Bertz CT molecular complexity index is 1390. The molecule has 2 aromatic heterocycles. The van der Waals surface area contributed by atoms with Crippen molar-refractivity contribution >= 4 is 5.84 Å². The minimum absolute atomic E-state index is 0.0591. The van der Waals surface area contributed by atoms with Crippen molar-refractivity contribution in [2.75, 3.05) is 0 Å². The molecule has 0 bridgehead atoms. The van der Waals surface area contributed by atoms with Gasteiger partial charge in [0.25, 0.3) is 0 Å². The summed E-state index contributed by atoms with van der Waals surface area (Å²) in [5.41, 5.74) is -0.221.